The zero-order chi connectivity index (χ0) is 16.4. The molecule has 0 atom stereocenters. The Morgan fingerprint density at radius 1 is 0.833 bits per heavy atom. The van der Waals surface area contributed by atoms with E-state index in [4.69, 9.17) is 0 Å². The summed E-state index contributed by atoms with van der Waals surface area (Å²) in [7, 11) is 0. The molecule has 0 unspecified atom stereocenters. The zero-order valence-electron chi connectivity index (χ0n) is 13.7. The van der Waals surface area contributed by atoms with Gasteiger partial charge in [-0.2, -0.15) is 0 Å². The largest absolute Gasteiger partial charge is 0.345 e. The van der Waals surface area contributed by atoms with Crippen LogP contribution in [0.15, 0.2) is 67.1 Å². The Morgan fingerprint density at radius 2 is 1.67 bits per heavy atom. The average Bonchev–Trinajstić information content (AvgIpc) is 3.09. The van der Waals surface area contributed by atoms with Gasteiger partial charge in [-0.25, -0.2) is 4.98 Å². The SMILES string of the molecule is Cc1ccc(CCc2ccc(-c3ccc4nc[nH]c4c3)cn2)cc1. The van der Waals surface area contributed by atoms with Crippen molar-refractivity contribution >= 4 is 11.0 Å². The first-order chi connectivity index (χ1) is 11.8. The van der Waals surface area contributed by atoms with E-state index in [1.54, 1.807) is 6.33 Å². The van der Waals surface area contributed by atoms with E-state index in [-0.39, 0.29) is 0 Å². The number of nitrogens with one attached hydrogen (secondary N) is 1. The topological polar surface area (TPSA) is 41.6 Å². The minimum absolute atomic E-state index is 0.961. The van der Waals surface area contributed by atoms with Gasteiger partial charge in [0.05, 0.1) is 17.4 Å². The Morgan fingerprint density at radius 3 is 2.46 bits per heavy atom. The van der Waals surface area contributed by atoms with Crippen LogP contribution in [-0.2, 0) is 12.8 Å². The second kappa shape index (κ2) is 6.28. The normalized spacial score (nSPS) is 11.0. The molecular weight excluding hydrogens is 294 g/mol. The number of rotatable bonds is 4. The minimum atomic E-state index is 0.961. The number of hydrogen-bond acceptors (Lipinski definition) is 2. The molecule has 0 aliphatic rings. The van der Waals surface area contributed by atoms with Gasteiger partial charge >= 0.3 is 0 Å². The van der Waals surface area contributed by atoms with Crippen LogP contribution < -0.4 is 0 Å². The summed E-state index contributed by atoms with van der Waals surface area (Å²) in [5, 5.41) is 0. The maximum absolute atomic E-state index is 4.63. The number of benzene rings is 2. The highest BCUT2D eigenvalue weighted by atomic mass is 14.9. The molecule has 0 aliphatic carbocycles. The highest BCUT2D eigenvalue weighted by Gasteiger charge is 2.03. The third kappa shape index (κ3) is 3.06. The van der Waals surface area contributed by atoms with Gasteiger partial charge in [0.25, 0.3) is 0 Å². The number of hydrogen-bond donors (Lipinski definition) is 1. The molecular formula is C21H19N3. The second-order valence-electron chi connectivity index (χ2n) is 6.16. The zero-order valence-corrected chi connectivity index (χ0v) is 13.7. The van der Waals surface area contributed by atoms with Gasteiger partial charge in [0.2, 0.25) is 0 Å². The summed E-state index contributed by atoms with van der Waals surface area (Å²) in [6, 6.07) is 19.2. The summed E-state index contributed by atoms with van der Waals surface area (Å²) in [6.45, 7) is 2.12. The van der Waals surface area contributed by atoms with Crippen LogP contribution in [0.3, 0.4) is 0 Å². The van der Waals surface area contributed by atoms with E-state index < -0.39 is 0 Å². The van der Waals surface area contributed by atoms with Crippen molar-refractivity contribution in [3.8, 4) is 11.1 Å². The molecule has 0 aliphatic heterocycles. The molecule has 0 spiro atoms. The van der Waals surface area contributed by atoms with Crippen molar-refractivity contribution in [2.75, 3.05) is 0 Å². The number of nitrogens with zero attached hydrogens (tertiary/aromatic N) is 2. The molecule has 1 N–H and O–H groups in total. The lowest BCUT2D eigenvalue weighted by Gasteiger charge is -2.05. The molecule has 118 valence electrons. The summed E-state index contributed by atoms with van der Waals surface area (Å²) in [6.07, 6.45) is 5.67. The van der Waals surface area contributed by atoms with Gasteiger partial charge in [-0.3, -0.25) is 4.98 Å². The van der Waals surface area contributed by atoms with Gasteiger partial charge in [0.15, 0.2) is 0 Å². The van der Waals surface area contributed by atoms with Crippen molar-refractivity contribution < 1.29 is 0 Å². The number of aromatic amines is 1. The van der Waals surface area contributed by atoms with Gasteiger partial charge in [0.1, 0.15) is 0 Å². The van der Waals surface area contributed by atoms with E-state index in [1.807, 2.05) is 12.3 Å². The maximum Gasteiger partial charge on any atom is 0.0931 e. The van der Waals surface area contributed by atoms with Crippen molar-refractivity contribution in [1.82, 2.24) is 15.0 Å². The van der Waals surface area contributed by atoms with Crippen LogP contribution in [0.25, 0.3) is 22.2 Å². The quantitative estimate of drug-likeness (QED) is 0.592. The Bertz CT molecular complexity index is 950. The van der Waals surface area contributed by atoms with Crippen molar-refractivity contribution in [2.45, 2.75) is 19.8 Å². The molecule has 3 nitrogen and oxygen atoms in total. The molecule has 2 aromatic carbocycles. The molecule has 0 amide bonds. The molecule has 4 rings (SSSR count). The molecule has 24 heavy (non-hydrogen) atoms. The van der Waals surface area contributed by atoms with Gasteiger partial charge in [-0.05, 0) is 49.1 Å². The summed E-state index contributed by atoms with van der Waals surface area (Å²) in [4.78, 5) is 12.0. The van der Waals surface area contributed by atoms with Crippen LogP contribution in [0.4, 0.5) is 0 Å². The predicted octanol–water partition coefficient (Wildman–Crippen LogP) is 4.72. The van der Waals surface area contributed by atoms with Crippen LogP contribution in [0, 0.1) is 6.92 Å². The fourth-order valence-corrected chi connectivity index (χ4v) is 2.89. The van der Waals surface area contributed by atoms with Crippen molar-refractivity contribution in [1.29, 1.82) is 0 Å². The van der Waals surface area contributed by atoms with Gasteiger partial charge in [-0.15, -0.1) is 0 Å². The number of aromatic nitrogens is 3. The van der Waals surface area contributed by atoms with E-state index in [1.165, 1.54) is 11.1 Å². The molecule has 0 fully saturated rings. The summed E-state index contributed by atoms with van der Waals surface area (Å²) in [5.41, 5.74) is 8.11. The summed E-state index contributed by atoms with van der Waals surface area (Å²) >= 11 is 0. The fourth-order valence-electron chi connectivity index (χ4n) is 2.89. The summed E-state index contributed by atoms with van der Waals surface area (Å²) in [5.74, 6) is 0. The smallest absolute Gasteiger partial charge is 0.0931 e. The van der Waals surface area contributed by atoms with Crippen molar-refractivity contribution in [3.05, 3.63) is 83.9 Å². The lowest BCUT2D eigenvalue weighted by molar-refractivity contribution is 0.914. The highest BCUT2D eigenvalue weighted by Crippen LogP contribution is 2.22. The van der Waals surface area contributed by atoms with E-state index in [0.29, 0.717) is 0 Å². The van der Waals surface area contributed by atoms with Crippen LogP contribution in [0.2, 0.25) is 0 Å². The fraction of sp³-hybridized carbons (Fsp3) is 0.143. The molecule has 4 aromatic rings. The Kier molecular flexibility index (Phi) is 3.83. The van der Waals surface area contributed by atoms with E-state index in [9.17, 15) is 0 Å². The molecule has 2 aromatic heterocycles. The molecule has 3 heteroatoms. The Labute approximate surface area is 141 Å². The number of fused-ring (bicyclic) bond motifs is 1. The lowest BCUT2D eigenvalue weighted by atomic mass is 10.0. The molecule has 0 radical (unpaired) electrons. The second-order valence-corrected chi connectivity index (χ2v) is 6.16. The minimum Gasteiger partial charge on any atom is -0.345 e. The van der Waals surface area contributed by atoms with Gasteiger partial charge in [-0.1, -0.05) is 42.0 Å². The van der Waals surface area contributed by atoms with Crippen molar-refractivity contribution in [3.63, 3.8) is 0 Å². The van der Waals surface area contributed by atoms with Crippen molar-refractivity contribution in [2.24, 2.45) is 0 Å². The Hall–Kier alpha value is -2.94. The van der Waals surface area contributed by atoms with Gasteiger partial charge in [0, 0.05) is 17.5 Å². The van der Waals surface area contributed by atoms with Crippen LogP contribution in [-0.4, -0.2) is 15.0 Å². The lowest BCUT2D eigenvalue weighted by Crippen LogP contribution is -1.94. The first-order valence-electron chi connectivity index (χ1n) is 8.22. The summed E-state index contributed by atoms with van der Waals surface area (Å²) < 4.78 is 0. The van der Waals surface area contributed by atoms with E-state index >= 15 is 0 Å². The Balaban J connectivity index is 1.48. The number of pyridine rings is 1. The number of imidazole rings is 1. The van der Waals surface area contributed by atoms with Crippen LogP contribution >= 0.6 is 0 Å². The molecule has 0 bridgehead atoms. The first-order valence-corrected chi connectivity index (χ1v) is 8.22. The predicted molar refractivity (Wildman–Crippen MR) is 97.9 cm³/mol. The van der Waals surface area contributed by atoms with Gasteiger partial charge < -0.3 is 4.98 Å². The number of aryl methyl sites for hydroxylation is 3. The molecule has 0 saturated carbocycles. The van der Waals surface area contributed by atoms with Crippen LogP contribution in [0.1, 0.15) is 16.8 Å². The number of H-pyrrole nitrogens is 1. The van der Waals surface area contributed by atoms with Crippen LogP contribution in [0.5, 0.6) is 0 Å². The van der Waals surface area contributed by atoms with E-state index in [0.717, 1.165) is 40.7 Å². The molecule has 2 heterocycles. The standard InChI is InChI=1S/C21H19N3/c1-15-2-4-16(5-3-15)6-9-19-10-7-18(13-22-19)17-8-11-20-21(12-17)24-14-23-20/h2-5,7-8,10-14H,6,9H2,1H3,(H,23,24). The monoisotopic (exact) mass is 313 g/mol. The van der Waals surface area contributed by atoms with E-state index in [2.05, 4.69) is 70.4 Å². The highest BCUT2D eigenvalue weighted by molar-refractivity contribution is 5.81. The third-order valence-electron chi connectivity index (χ3n) is 4.37. The maximum atomic E-state index is 4.63. The average molecular weight is 313 g/mol. The first kappa shape index (κ1) is 14.6. The third-order valence-corrected chi connectivity index (χ3v) is 4.37. The molecule has 0 saturated heterocycles.